The van der Waals surface area contributed by atoms with E-state index in [2.05, 4.69) is 4.98 Å². The first-order valence-electron chi connectivity index (χ1n) is 5.09. The van der Waals surface area contributed by atoms with E-state index in [1.807, 2.05) is 44.4 Å². The van der Waals surface area contributed by atoms with Crippen LogP contribution in [0.1, 0.15) is 24.9 Å². The minimum Gasteiger partial charge on any atom is -0.481 e. The zero-order chi connectivity index (χ0) is 11.4. The Morgan fingerprint density at radius 1 is 1.60 bits per heavy atom. The number of aliphatic carboxylic acids is 1. The molecule has 0 aliphatic rings. The van der Waals surface area contributed by atoms with Crippen LogP contribution in [0.5, 0.6) is 0 Å². The van der Waals surface area contributed by atoms with Crippen molar-refractivity contribution in [2.45, 2.75) is 19.4 Å². The number of carboxylic acids is 1. The first kappa shape index (κ1) is 11.8. The molecule has 0 radical (unpaired) electrons. The van der Waals surface area contributed by atoms with Crippen LogP contribution in [-0.2, 0) is 4.79 Å². The third kappa shape index (κ3) is 2.59. The van der Waals surface area contributed by atoms with Crippen LogP contribution >= 0.6 is 0 Å². The van der Waals surface area contributed by atoms with E-state index >= 15 is 0 Å². The summed E-state index contributed by atoms with van der Waals surface area (Å²) in [7, 11) is 3.81. The quantitative estimate of drug-likeness (QED) is 0.778. The largest absolute Gasteiger partial charge is 0.481 e. The van der Waals surface area contributed by atoms with Crippen LogP contribution in [0.25, 0.3) is 0 Å². The highest BCUT2D eigenvalue weighted by molar-refractivity contribution is 5.71. The van der Waals surface area contributed by atoms with E-state index in [1.165, 1.54) is 0 Å². The van der Waals surface area contributed by atoms with Gasteiger partial charge < -0.3 is 15.0 Å². The Hall–Kier alpha value is -1.29. The topological polar surface area (TPSA) is 56.3 Å². The lowest BCUT2D eigenvalue weighted by Crippen LogP contribution is -2.31. The van der Waals surface area contributed by atoms with E-state index in [9.17, 15) is 4.79 Å². The van der Waals surface area contributed by atoms with Gasteiger partial charge in [-0.15, -0.1) is 0 Å². The Kier molecular flexibility index (Phi) is 3.91. The van der Waals surface area contributed by atoms with Crippen molar-refractivity contribution in [1.29, 1.82) is 0 Å². The number of carboxylic acid groups (broad SMARTS) is 1. The van der Waals surface area contributed by atoms with Crippen LogP contribution < -0.4 is 0 Å². The summed E-state index contributed by atoms with van der Waals surface area (Å²) in [6, 6.07) is 1.86. The highest BCUT2D eigenvalue weighted by Gasteiger charge is 2.29. The number of hydrogen-bond donors (Lipinski definition) is 2. The molecule has 0 spiro atoms. The SMILES string of the molecule is CCC(C(=O)O)C(c1cc[nH]c1)N(C)C. The van der Waals surface area contributed by atoms with E-state index in [-0.39, 0.29) is 12.0 Å². The molecule has 0 bridgehead atoms. The molecule has 0 aliphatic carbocycles. The van der Waals surface area contributed by atoms with Crippen molar-refractivity contribution in [2.75, 3.05) is 14.1 Å². The van der Waals surface area contributed by atoms with Crippen LogP contribution in [0.4, 0.5) is 0 Å². The Morgan fingerprint density at radius 2 is 2.27 bits per heavy atom. The molecule has 0 fully saturated rings. The molecule has 4 heteroatoms. The van der Waals surface area contributed by atoms with Crippen LogP contribution in [0.3, 0.4) is 0 Å². The highest BCUT2D eigenvalue weighted by Crippen LogP contribution is 2.28. The first-order chi connectivity index (χ1) is 7.07. The van der Waals surface area contributed by atoms with Crippen molar-refractivity contribution >= 4 is 5.97 Å². The maximum Gasteiger partial charge on any atom is 0.308 e. The smallest absolute Gasteiger partial charge is 0.308 e. The number of hydrogen-bond acceptors (Lipinski definition) is 2. The van der Waals surface area contributed by atoms with Crippen molar-refractivity contribution in [3.63, 3.8) is 0 Å². The molecule has 0 saturated heterocycles. The Morgan fingerprint density at radius 3 is 2.60 bits per heavy atom. The van der Waals surface area contributed by atoms with Gasteiger partial charge in [-0.1, -0.05) is 6.92 Å². The maximum absolute atomic E-state index is 11.1. The summed E-state index contributed by atoms with van der Waals surface area (Å²) in [5.41, 5.74) is 1.02. The molecule has 1 aromatic heterocycles. The third-order valence-corrected chi connectivity index (χ3v) is 2.66. The number of aromatic amines is 1. The molecule has 2 N–H and O–H groups in total. The monoisotopic (exact) mass is 210 g/mol. The van der Waals surface area contributed by atoms with Crippen molar-refractivity contribution in [3.8, 4) is 0 Å². The van der Waals surface area contributed by atoms with Gasteiger partial charge in [0.05, 0.1) is 5.92 Å². The third-order valence-electron chi connectivity index (χ3n) is 2.66. The summed E-state index contributed by atoms with van der Waals surface area (Å²) in [4.78, 5) is 16.0. The van der Waals surface area contributed by atoms with Gasteiger partial charge in [0.25, 0.3) is 0 Å². The summed E-state index contributed by atoms with van der Waals surface area (Å²) < 4.78 is 0. The van der Waals surface area contributed by atoms with Crippen molar-refractivity contribution in [2.24, 2.45) is 5.92 Å². The van der Waals surface area contributed by atoms with E-state index in [0.29, 0.717) is 6.42 Å². The van der Waals surface area contributed by atoms with Crippen LogP contribution in [0, 0.1) is 5.92 Å². The lowest BCUT2D eigenvalue weighted by atomic mass is 9.91. The summed E-state index contributed by atoms with van der Waals surface area (Å²) in [6.45, 7) is 1.90. The second kappa shape index (κ2) is 4.98. The fraction of sp³-hybridized carbons (Fsp3) is 0.545. The highest BCUT2D eigenvalue weighted by atomic mass is 16.4. The average molecular weight is 210 g/mol. The van der Waals surface area contributed by atoms with Gasteiger partial charge >= 0.3 is 5.97 Å². The second-order valence-electron chi connectivity index (χ2n) is 3.91. The summed E-state index contributed by atoms with van der Waals surface area (Å²) in [5.74, 6) is -1.10. The molecule has 0 aliphatic heterocycles. The van der Waals surface area contributed by atoms with Gasteiger partial charge in [-0.05, 0) is 32.1 Å². The van der Waals surface area contributed by atoms with E-state index in [0.717, 1.165) is 5.56 Å². The van der Waals surface area contributed by atoms with Crippen LogP contribution in [-0.4, -0.2) is 35.1 Å². The molecular formula is C11H18N2O2. The van der Waals surface area contributed by atoms with Crippen molar-refractivity contribution in [3.05, 3.63) is 24.0 Å². The molecule has 0 amide bonds. The zero-order valence-electron chi connectivity index (χ0n) is 9.40. The minimum absolute atomic E-state index is 0.0706. The summed E-state index contributed by atoms with van der Waals surface area (Å²) in [6.07, 6.45) is 4.31. The lowest BCUT2D eigenvalue weighted by molar-refractivity contribution is -0.144. The standard InChI is InChI=1S/C11H18N2O2/c1-4-9(11(14)15)10(13(2)3)8-5-6-12-7-8/h5-7,9-10,12H,4H2,1-3H3,(H,14,15). The molecule has 0 aromatic carbocycles. The Balaban J connectivity index is 2.96. The molecule has 2 atom stereocenters. The Bertz CT molecular complexity index is 306. The van der Waals surface area contributed by atoms with E-state index in [4.69, 9.17) is 5.11 Å². The number of rotatable bonds is 5. The second-order valence-corrected chi connectivity index (χ2v) is 3.91. The van der Waals surface area contributed by atoms with Crippen LogP contribution in [0.15, 0.2) is 18.5 Å². The maximum atomic E-state index is 11.1. The van der Waals surface area contributed by atoms with Gasteiger partial charge in [0.15, 0.2) is 0 Å². The summed E-state index contributed by atoms with van der Waals surface area (Å²) in [5, 5.41) is 9.15. The van der Waals surface area contributed by atoms with Gasteiger partial charge in [-0.2, -0.15) is 0 Å². The van der Waals surface area contributed by atoms with Crippen molar-refractivity contribution < 1.29 is 9.90 Å². The molecule has 1 aromatic rings. The van der Waals surface area contributed by atoms with Gasteiger partial charge in [-0.25, -0.2) is 0 Å². The predicted molar refractivity (Wildman–Crippen MR) is 58.6 cm³/mol. The molecular weight excluding hydrogens is 192 g/mol. The number of nitrogens with one attached hydrogen (secondary N) is 1. The fourth-order valence-electron chi connectivity index (χ4n) is 1.94. The number of carbonyl (C=O) groups is 1. The number of nitrogens with zero attached hydrogens (tertiary/aromatic N) is 1. The minimum atomic E-state index is -0.739. The number of aromatic nitrogens is 1. The van der Waals surface area contributed by atoms with Gasteiger partial charge in [0, 0.05) is 18.4 Å². The van der Waals surface area contributed by atoms with Crippen molar-refractivity contribution in [1.82, 2.24) is 9.88 Å². The van der Waals surface area contributed by atoms with E-state index < -0.39 is 5.97 Å². The Labute approximate surface area is 89.9 Å². The molecule has 15 heavy (non-hydrogen) atoms. The van der Waals surface area contributed by atoms with Gasteiger partial charge in [0.2, 0.25) is 0 Å². The molecule has 2 unspecified atom stereocenters. The lowest BCUT2D eigenvalue weighted by Gasteiger charge is -2.28. The fourth-order valence-corrected chi connectivity index (χ4v) is 1.94. The van der Waals surface area contributed by atoms with Gasteiger partial charge in [0.1, 0.15) is 0 Å². The summed E-state index contributed by atoms with van der Waals surface area (Å²) >= 11 is 0. The molecule has 84 valence electrons. The molecule has 1 rings (SSSR count). The van der Waals surface area contributed by atoms with Crippen LogP contribution in [0.2, 0.25) is 0 Å². The number of H-pyrrole nitrogens is 1. The predicted octanol–water partition coefficient (Wildman–Crippen LogP) is 1.73. The average Bonchev–Trinajstić information content (AvgIpc) is 2.64. The van der Waals surface area contributed by atoms with E-state index in [1.54, 1.807) is 0 Å². The zero-order valence-corrected chi connectivity index (χ0v) is 9.40. The molecule has 0 saturated carbocycles. The first-order valence-corrected chi connectivity index (χ1v) is 5.09. The molecule has 1 heterocycles. The molecule has 4 nitrogen and oxygen atoms in total. The normalized spacial score (nSPS) is 15.2. The van der Waals surface area contributed by atoms with Gasteiger partial charge in [-0.3, -0.25) is 4.79 Å².